The van der Waals surface area contributed by atoms with E-state index in [9.17, 15) is 0 Å². The van der Waals surface area contributed by atoms with E-state index in [1.807, 2.05) is 6.92 Å². The van der Waals surface area contributed by atoms with Crippen LogP contribution in [0, 0.1) is 17.2 Å². The summed E-state index contributed by atoms with van der Waals surface area (Å²) in [4.78, 5) is 0. The zero-order chi connectivity index (χ0) is 9.68. The van der Waals surface area contributed by atoms with Crippen molar-refractivity contribution in [2.24, 2.45) is 5.92 Å². The van der Waals surface area contributed by atoms with E-state index in [4.69, 9.17) is 10.4 Å². The zero-order valence-electron chi connectivity index (χ0n) is 8.16. The van der Waals surface area contributed by atoms with Gasteiger partial charge in [0.1, 0.15) is 0 Å². The van der Waals surface area contributed by atoms with Crippen molar-refractivity contribution in [3.63, 3.8) is 0 Å². The van der Waals surface area contributed by atoms with Gasteiger partial charge in [0.05, 0.1) is 12.1 Å². The first-order chi connectivity index (χ1) is 6.31. The van der Waals surface area contributed by atoms with Gasteiger partial charge in [-0.2, -0.15) is 5.26 Å². The molecule has 3 unspecified atom stereocenters. The molecule has 0 bridgehead atoms. The molecular formula is C10H18N2O. The number of nitrogens with zero attached hydrogens (tertiary/aromatic N) is 1. The molecule has 1 rings (SSSR count). The molecule has 0 aromatic heterocycles. The minimum Gasteiger partial charge on any atom is -0.396 e. The first-order valence-corrected chi connectivity index (χ1v) is 5.08. The van der Waals surface area contributed by atoms with Crippen molar-refractivity contribution in [3.8, 4) is 6.07 Å². The van der Waals surface area contributed by atoms with Gasteiger partial charge in [-0.15, -0.1) is 0 Å². The Morgan fingerprint density at radius 3 is 2.92 bits per heavy atom. The van der Waals surface area contributed by atoms with Gasteiger partial charge >= 0.3 is 0 Å². The van der Waals surface area contributed by atoms with Crippen molar-refractivity contribution >= 4 is 0 Å². The van der Waals surface area contributed by atoms with Crippen LogP contribution < -0.4 is 5.32 Å². The fourth-order valence-electron chi connectivity index (χ4n) is 1.98. The van der Waals surface area contributed by atoms with Crippen LogP contribution >= 0.6 is 0 Å². The summed E-state index contributed by atoms with van der Waals surface area (Å²) in [6.45, 7) is 2.25. The van der Waals surface area contributed by atoms with Gasteiger partial charge < -0.3 is 5.11 Å². The topological polar surface area (TPSA) is 56.0 Å². The number of nitriles is 1. The Balaban J connectivity index is 2.39. The van der Waals surface area contributed by atoms with Gasteiger partial charge in [-0.1, -0.05) is 13.3 Å². The standard InChI is InChI=1S/C10H18N2O/c1-2-9(6-11)12-10-5-3-4-8(10)7-13/h8-10,12-13H,2-5,7H2,1H3. The summed E-state index contributed by atoms with van der Waals surface area (Å²) in [6.07, 6.45) is 4.20. The average Bonchev–Trinajstić information content (AvgIpc) is 2.61. The molecule has 0 aromatic carbocycles. The van der Waals surface area contributed by atoms with Crippen LogP contribution in [0.15, 0.2) is 0 Å². The van der Waals surface area contributed by atoms with Gasteiger partial charge in [0, 0.05) is 12.6 Å². The van der Waals surface area contributed by atoms with E-state index < -0.39 is 0 Å². The summed E-state index contributed by atoms with van der Waals surface area (Å²) < 4.78 is 0. The van der Waals surface area contributed by atoms with Crippen LogP contribution in [0.5, 0.6) is 0 Å². The quantitative estimate of drug-likeness (QED) is 0.683. The Morgan fingerprint density at radius 2 is 2.38 bits per heavy atom. The molecule has 13 heavy (non-hydrogen) atoms. The molecule has 0 radical (unpaired) electrons. The lowest BCUT2D eigenvalue weighted by atomic mass is 10.0. The van der Waals surface area contributed by atoms with Crippen molar-refractivity contribution in [1.29, 1.82) is 5.26 Å². The molecule has 0 saturated heterocycles. The summed E-state index contributed by atoms with van der Waals surface area (Å²) in [7, 11) is 0. The van der Waals surface area contributed by atoms with E-state index in [0.29, 0.717) is 12.0 Å². The van der Waals surface area contributed by atoms with Gasteiger partial charge in [0.25, 0.3) is 0 Å². The number of hydrogen-bond acceptors (Lipinski definition) is 3. The van der Waals surface area contributed by atoms with E-state index in [-0.39, 0.29) is 12.6 Å². The van der Waals surface area contributed by atoms with Crippen LogP contribution in [0.25, 0.3) is 0 Å². The van der Waals surface area contributed by atoms with Crippen molar-refractivity contribution in [1.82, 2.24) is 5.32 Å². The predicted molar refractivity (Wildman–Crippen MR) is 51.0 cm³/mol. The number of nitrogens with one attached hydrogen (secondary N) is 1. The molecule has 0 spiro atoms. The van der Waals surface area contributed by atoms with Gasteiger partial charge in [-0.25, -0.2) is 0 Å². The summed E-state index contributed by atoms with van der Waals surface area (Å²) in [6, 6.07) is 2.54. The normalized spacial score (nSPS) is 29.9. The second kappa shape index (κ2) is 5.21. The van der Waals surface area contributed by atoms with Crippen LogP contribution in [0.4, 0.5) is 0 Å². The van der Waals surface area contributed by atoms with Gasteiger partial charge in [0.2, 0.25) is 0 Å². The molecular weight excluding hydrogens is 164 g/mol. The molecule has 3 atom stereocenters. The predicted octanol–water partition coefficient (Wildman–Crippen LogP) is 1.04. The molecule has 2 N–H and O–H groups in total. The Hall–Kier alpha value is -0.590. The second-order valence-electron chi connectivity index (χ2n) is 3.74. The zero-order valence-corrected chi connectivity index (χ0v) is 8.16. The maximum atomic E-state index is 9.07. The summed E-state index contributed by atoms with van der Waals surface area (Å²) in [5.41, 5.74) is 0. The third-order valence-corrected chi connectivity index (χ3v) is 2.87. The third kappa shape index (κ3) is 2.68. The van der Waals surface area contributed by atoms with Crippen LogP contribution in [-0.2, 0) is 0 Å². The number of aliphatic hydroxyl groups excluding tert-OH is 1. The van der Waals surface area contributed by atoms with E-state index >= 15 is 0 Å². The Bertz CT molecular complexity index is 188. The molecule has 1 saturated carbocycles. The second-order valence-corrected chi connectivity index (χ2v) is 3.74. The van der Waals surface area contributed by atoms with Gasteiger partial charge in [-0.3, -0.25) is 5.32 Å². The van der Waals surface area contributed by atoms with E-state index in [1.54, 1.807) is 0 Å². The molecule has 0 aromatic rings. The summed E-state index contributed by atoms with van der Waals surface area (Å²) in [5, 5.41) is 21.1. The first-order valence-electron chi connectivity index (χ1n) is 5.08. The largest absolute Gasteiger partial charge is 0.396 e. The Kier molecular flexibility index (Phi) is 4.20. The van der Waals surface area contributed by atoms with Crippen LogP contribution in [0.3, 0.4) is 0 Å². The van der Waals surface area contributed by atoms with E-state index in [2.05, 4.69) is 11.4 Å². The first kappa shape index (κ1) is 10.5. The Morgan fingerprint density at radius 1 is 1.62 bits per heavy atom. The number of rotatable bonds is 4. The lowest BCUT2D eigenvalue weighted by Crippen LogP contribution is -2.40. The lowest BCUT2D eigenvalue weighted by Gasteiger charge is -2.21. The highest BCUT2D eigenvalue weighted by Gasteiger charge is 2.27. The average molecular weight is 182 g/mol. The van der Waals surface area contributed by atoms with Crippen molar-refractivity contribution in [2.45, 2.75) is 44.7 Å². The molecule has 0 aliphatic heterocycles. The third-order valence-electron chi connectivity index (χ3n) is 2.87. The van der Waals surface area contributed by atoms with Crippen molar-refractivity contribution in [2.75, 3.05) is 6.61 Å². The highest BCUT2D eigenvalue weighted by Crippen LogP contribution is 2.25. The molecule has 0 amide bonds. The summed E-state index contributed by atoms with van der Waals surface area (Å²) in [5.74, 6) is 0.363. The SMILES string of the molecule is CCC(C#N)NC1CCCC1CO. The highest BCUT2D eigenvalue weighted by atomic mass is 16.3. The molecule has 3 heteroatoms. The van der Waals surface area contributed by atoms with E-state index in [1.165, 1.54) is 6.42 Å². The maximum Gasteiger partial charge on any atom is 0.0952 e. The molecule has 3 nitrogen and oxygen atoms in total. The summed E-state index contributed by atoms with van der Waals surface area (Å²) >= 11 is 0. The molecule has 1 fully saturated rings. The fourth-order valence-corrected chi connectivity index (χ4v) is 1.98. The Labute approximate surface area is 79.8 Å². The van der Waals surface area contributed by atoms with Gasteiger partial charge in [0.15, 0.2) is 0 Å². The molecule has 74 valence electrons. The highest BCUT2D eigenvalue weighted by molar-refractivity contribution is 4.94. The molecule has 1 aliphatic carbocycles. The van der Waals surface area contributed by atoms with E-state index in [0.717, 1.165) is 19.3 Å². The van der Waals surface area contributed by atoms with Crippen LogP contribution in [-0.4, -0.2) is 23.8 Å². The molecule has 1 aliphatic rings. The maximum absolute atomic E-state index is 9.07. The van der Waals surface area contributed by atoms with Crippen LogP contribution in [0.2, 0.25) is 0 Å². The number of hydrogen-bond donors (Lipinski definition) is 2. The number of aliphatic hydroxyl groups is 1. The lowest BCUT2D eigenvalue weighted by molar-refractivity contribution is 0.202. The van der Waals surface area contributed by atoms with Crippen molar-refractivity contribution < 1.29 is 5.11 Å². The van der Waals surface area contributed by atoms with Crippen molar-refractivity contribution in [3.05, 3.63) is 0 Å². The van der Waals surface area contributed by atoms with Crippen LogP contribution in [0.1, 0.15) is 32.6 Å². The smallest absolute Gasteiger partial charge is 0.0952 e. The fraction of sp³-hybridized carbons (Fsp3) is 0.900. The molecule has 0 heterocycles. The minimum absolute atomic E-state index is 0.0443. The minimum atomic E-state index is -0.0443. The monoisotopic (exact) mass is 182 g/mol. The van der Waals surface area contributed by atoms with Gasteiger partial charge in [-0.05, 0) is 25.2 Å².